The number of hydrogen-bond acceptors (Lipinski definition) is 7. The predicted molar refractivity (Wildman–Crippen MR) is 113 cm³/mol. The Kier molecular flexibility index (Phi) is 7.72. The van der Waals surface area contributed by atoms with Crippen LogP contribution in [0.3, 0.4) is 0 Å². The minimum absolute atomic E-state index is 0.109. The van der Waals surface area contributed by atoms with E-state index in [1.807, 2.05) is 17.5 Å². The fourth-order valence-electron chi connectivity index (χ4n) is 3.03. The summed E-state index contributed by atoms with van der Waals surface area (Å²) >= 11 is 2.77. The van der Waals surface area contributed by atoms with E-state index in [0.29, 0.717) is 30.2 Å². The molecule has 0 unspecified atom stereocenters. The highest BCUT2D eigenvalue weighted by molar-refractivity contribution is 7.17. The van der Waals surface area contributed by atoms with E-state index in [4.69, 9.17) is 0 Å². The Morgan fingerprint density at radius 2 is 1.97 bits per heavy atom. The van der Waals surface area contributed by atoms with Crippen molar-refractivity contribution in [3.63, 3.8) is 0 Å². The summed E-state index contributed by atoms with van der Waals surface area (Å²) < 4.78 is 40.7. The number of thiazole rings is 1. The van der Waals surface area contributed by atoms with Crippen LogP contribution >= 0.6 is 22.7 Å². The van der Waals surface area contributed by atoms with E-state index in [2.05, 4.69) is 20.4 Å². The molecule has 3 heterocycles. The number of aromatic nitrogens is 1. The van der Waals surface area contributed by atoms with E-state index < -0.39 is 18.9 Å². The summed E-state index contributed by atoms with van der Waals surface area (Å²) in [6.07, 6.45) is -4.96. The zero-order valence-electron chi connectivity index (χ0n) is 17.0. The molecule has 2 N–H and O–H groups in total. The van der Waals surface area contributed by atoms with Crippen molar-refractivity contribution in [2.75, 3.05) is 25.0 Å². The average molecular weight is 491 g/mol. The van der Waals surface area contributed by atoms with Crippen LogP contribution in [0.2, 0.25) is 0 Å². The van der Waals surface area contributed by atoms with E-state index in [1.165, 1.54) is 34.5 Å². The van der Waals surface area contributed by atoms with E-state index in [0.717, 1.165) is 9.75 Å². The molecular weight excluding hydrogens is 469 g/mol. The number of halogens is 3. The van der Waals surface area contributed by atoms with Crippen molar-refractivity contribution >= 4 is 45.7 Å². The van der Waals surface area contributed by atoms with Gasteiger partial charge in [-0.3, -0.25) is 9.59 Å². The number of nitrogens with zero attached hydrogens (tertiary/aromatic N) is 2. The zero-order chi connectivity index (χ0) is 23.3. The normalized spacial score (nSPS) is 14.8. The van der Waals surface area contributed by atoms with E-state index in [1.54, 1.807) is 0 Å². The van der Waals surface area contributed by atoms with Crippen molar-refractivity contribution in [2.24, 2.45) is 5.92 Å². The first-order valence-corrected chi connectivity index (χ1v) is 11.4. The molecule has 0 bridgehead atoms. The van der Waals surface area contributed by atoms with Crippen LogP contribution in [-0.4, -0.2) is 53.7 Å². The Labute approximate surface area is 189 Å². The van der Waals surface area contributed by atoms with Gasteiger partial charge in [0.05, 0.1) is 17.1 Å². The molecule has 2 aromatic rings. The minimum Gasteiger partial charge on any atom is -0.440 e. The molecular formula is C19H21F3N4O4S2. The van der Waals surface area contributed by atoms with Crippen LogP contribution in [-0.2, 0) is 20.9 Å². The van der Waals surface area contributed by atoms with Gasteiger partial charge in [0, 0.05) is 36.2 Å². The molecule has 3 rings (SSSR count). The number of anilines is 1. The van der Waals surface area contributed by atoms with Crippen LogP contribution in [0.4, 0.5) is 23.1 Å². The second kappa shape index (κ2) is 10.3. The predicted octanol–water partition coefficient (Wildman–Crippen LogP) is 3.86. The molecule has 3 amide bonds. The van der Waals surface area contributed by atoms with Crippen LogP contribution < -0.4 is 10.6 Å². The molecule has 32 heavy (non-hydrogen) atoms. The number of thiophene rings is 1. The molecule has 0 spiro atoms. The molecule has 174 valence electrons. The number of amides is 3. The molecule has 13 heteroatoms. The Bertz CT molecular complexity index is 968. The smallest absolute Gasteiger partial charge is 0.422 e. The fraction of sp³-hybridized carbons (Fsp3) is 0.474. The Hall–Kier alpha value is -2.67. The van der Waals surface area contributed by atoms with Gasteiger partial charge in [-0.05, 0) is 25.0 Å². The van der Waals surface area contributed by atoms with Gasteiger partial charge in [-0.15, -0.1) is 22.7 Å². The van der Waals surface area contributed by atoms with Crippen LogP contribution in [0.15, 0.2) is 17.5 Å². The number of hydrogen-bond donors (Lipinski definition) is 2. The van der Waals surface area contributed by atoms with Gasteiger partial charge in [0.1, 0.15) is 0 Å². The lowest BCUT2D eigenvalue weighted by atomic mass is 9.96. The standard InChI is InChI=1S/C19H21F3N4O4S2/c1-11(27)23-8-13-2-3-15(32-13)14-9-31-17(24-14)25-16(28)12-4-6-26(7-5-12)18(29)30-10-19(20,21)22/h2-3,9,12H,4-8,10H2,1H3,(H,23,27)(H,24,25,28). The number of carbonyl (C=O) groups excluding carboxylic acids is 3. The maximum Gasteiger partial charge on any atom is 0.422 e. The third-order valence-electron chi connectivity index (χ3n) is 4.64. The second-order valence-corrected chi connectivity index (χ2v) is 9.16. The molecule has 1 saturated heterocycles. The van der Waals surface area contributed by atoms with Gasteiger partial charge in [0.2, 0.25) is 11.8 Å². The van der Waals surface area contributed by atoms with Crippen molar-refractivity contribution in [3.8, 4) is 10.6 Å². The summed E-state index contributed by atoms with van der Waals surface area (Å²) in [4.78, 5) is 42.8. The van der Waals surface area contributed by atoms with Crippen LogP contribution in [0.25, 0.3) is 10.6 Å². The number of nitrogens with one attached hydrogen (secondary N) is 2. The van der Waals surface area contributed by atoms with Crippen molar-refractivity contribution in [2.45, 2.75) is 32.5 Å². The van der Waals surface area contributed by atoms with Gasteiger partial charge >= 0.3 is 12.3 Å². The van der Waals surface area contributed by atoms with Gasteiger partial charge in [-0.1, -0.05) is 0 Å². The molecule has 1 fully saturated rings. The first-order chi connectivity index (χ1) is 15.1. The summed E-state index contributed by atoms with van der Waals surface area (Å²) in [6, 6.07) is 3.80. The Balaban J connectivity index is 1.47. The molecule has 0 saturated carbocycles. The molecule has 0 aliphatic carbocycles. The molecule has 2 aromatic heterocycles. The summed E-state index contributed by atoms with van der Waals surface area (Å²) in [7, 11) is 0. The number of carbonyl (C=O) groups is 3. The van der Waals surface area contributed by atoms with E-state index in [9.17, 15) is 27.6 Å². The van der Waals surface area contributed by atoms with Gasteiger partial charge < -0.3 is 20.3 Å². The lowest BCUT2D eigenvalue weighted by Crippen LogP contribution is -2.42. The lowest BCUT2D eigenvalue weighted by Gasteiger charge is -2.30. The average Bonchev–Trinajstić information content (AvgIpc) is 3.39. The molecule has 1 aliphatic rings. The maximum absolute atomic E-state index is 12.5. The minimum atomic E-state index is -4.57. The zero-order valence-corrected chi connectivity index (χ0v) is 18.7. The number of likely N-dealkylation sites (tertiary alicyclic amines) is 1. The molecule has 1 aliphatic heterocycles. The first-order valence-electron chi connectivity index (χ1n) is 9.69. The van der Waals surface area contributed by atoms with Crippen molar-refractivity contribution in [1.82, 2.24) is 15.2 Å². The van der Waals surface area contributed by atoms with Gasteiger partial charge in [0.25, 0.3) is 0 Å². The third-order valence-corrected chi connectivity index (χ3v) is 6.51. The highest BCUT2D eigenvalue weighted by Crippen LogP contribution is 2.31. The van der Waals surface area contributed by atoms with Crippen molar-refractivity contribution in [1.29, 1.82) is 0 Å². The second-order valence-electron chi connectivity index (χ2n) is 7.13. The SMILES string of the molecule is CC(=O)NCc1ccc(-c2csc(NC(=O)C3CCN(C(=O)OCC(F)(F)F)CC3)n2)s1. The van der Waals surface area contributed by atoms with Crippen LogP contribution in [0.5, 0.6) is 0 Å². The summed E-state index contributed by atoms with van der Waals surface area (Å²) in [5, 5.41) is 7.76. The first kappa shape index (κ1) is 24.0. The summed E-state index contributed by atoms with van der Waals surface area (Å²) in [6.45, 7) is 0.551. The van der Waals surface area contributed by atoms with Gasteiger partial charge in [0.15, 0.2) is 11.7 Å². The molecule has 0 atom stereocenters. The molecule has 0 radical (unpaired) electrons. The monoisotopic (exact) mass is 490 g/mol. The Morgan fingerprint density at radius 1 is 1.25 bits per heavy atom. The number of rotatable bonds is 6. The fourth-order valence-corrected chi connectivity index (χ4v) is 4.73. The quantitative estimate of drug-likeness (QED) is 0.641. The lowest BCUT2D eigenvalue weighted by molar-refractivity contribution is -0.162. The summed E-state index contributed by atoms with van der Waals surface area (Å²) in [5.74, 6) is -0.727. The number of piperidine rings is 1. The van der Waals surface area contributed by atoms with Gasteiger partial charge in [-0.25, -0.2) is 9.78 Å². The highest BCUT2D eigenvalue weighted by Gasteiger charge is 2.33. The molecule has 8 nitrogen and oxygen atoms in total. The van der Waals surface area contributed by atoms with Crippen molar-refractivity contribution < 1.29 is 32.3 Å². The largest absolute Gasteiger partial charge is 0.440 e. The van der Waals surface area contributed by atoms with Crippen LogP contribution in [0, 0.1) is 5.92 Å². The van der Waals surface area contributed by atoms with Gasteiger partial charge in [-0.2, -0.15) is 13.2 Å². The number of ether oxygens (including phenoxy) is 1. The highest BCUT2D eigenvalue weighted by atomic mass is 32.1. The van der Waals surface area contributed by atoms with E-state index in [-0.39, 0.29) is 30.8 Å². The maximum atomic E-state index is 12.5. The Morgan fingerprint density at radius 3 is 2.62 bits per heavy atom. The van der Waals surface area contributed by atoms with E-state index >= 15 is 0 Å². The van der Waals surface area contributed by atoms with Crippen molar-refractivity contribution in [3.05, 3.63) is 22.4 Å². The third kappa shape index (κ3) is 6.92. The molecule has 0 aromatic carbocycles. The topological polar surface area (TPSA) is 101 Å². The number of alkyl halides is 3. The summed E-state index contributed by atoms with van der Waals surface area (Å²) in [5.41, 5.74) is 0.714. The van der Waals surface area contributed by atoms with Crippen LogP contribution in [0.1, 0.15) is 24.6 Å².